The molecule has 0 saturated carbocycles. The highest BCUT2D eigenvalue weighted by atomic mass is 19.1. The molecule has 1 aliphatic heterocycles. The number of aliphatic hydroxyl groups is 1. The first kappa shape index (κ1) is 27.7. The molecule has 1 fully saturated rings. The van der Waals surface area contributed by atoms with Gasteiger partial charge in [0, 0.05) is 53.8 Å². The zero-order valence-electron chi connectivity index (χ0n) is 22.3. The highest BCUT2D eigenvalue weighted by molar-refractivity contribution is 5.99. The number of aliphatic hydroxyl groups excluding tert-OH is 1. The Morgan fingerprint density at radius 3 is 2.62 bits per heavy atom. The number of carbonyl (C=O) groups is 2. The number of likely N-dealkylation sites (tertiary alicyclic amines) is 1. The van der Waals surface area contributed by atoms with Gasteiger partial charge in [0.05, 0.1) is 23.7 Å². The third-order valence-electron chi connectivity index (χ3n) is 6.19. The molecule has 0 aliphatic carbocycles. The normalized spacial score (nSPS) is 14.1. The van der Waals surface area contributed by atoms with Crippen molar-refractivity contribution in [1.29, 1.82) is 5.41 Å². The van der Waals surface area contributed by atoms with E-state index in [1.807, 2.05) is 20.8 Å². The summed E-state index contributed by atoms with van der Waals surface area (Å²) in [6.45, 7) is 7.99. The number of fused-ring (bicyclic) bond motifs is 1. The maximum atomic E-state index is 15.3. The van der Waals surface area contributed by atoms with Crippen LogP contribution >= 0.6 is 0 Å². The number of pyridine rings is 1. The van der Waals surface area contributed by atoms with E-state index in [0.29, 0.717) is 35.3 Å². The van der Waals surface area contributed by atoms with Gasteiger partial charge in [-0.1, -0.05) is 6.07 Å². The number of carbonyl (C=O) groups excluding carboxylic acids is 2. The minimum Gasteiger partial charge on any atom is -0.456 e. The third-order valence-corrected chi connectivity index (χ3v) is 6.19. The van der Waals surface area contributed by atoms with Crippen molar-refractivity contribution in [3.63, 3.8) is 0 Å². The number of nitrogens with zero attached hydrogens (tertiary/aromatic N) is 2. The number of rotatable bonds is 8. The minimum absolute atomic E-state index is 0.190. The van der Waals surface area contributed by atoms with Crippen LogP contribution in [0.15, 0.2) is 54.5 Å². The second-order valence-corrected chi connectivity index (χ2v) is 10.5. The van der Waals surface area contributed by atoms with Crippen molar-refractivity contribution in [3.05, 3.63) is 77.0 Å². The molecular weight excluding hydrogens is 501 g/mol. The van der Waals surface area contributed by atoms with Crippen LogP contribution in [0.5, 0.6) is 11.5 Å². The fourth-order valence-corrected chi connectivity index (χ4v) is 4.02. The predicted octanol–water partition coefficient (Wildman–Crippen LogP) is 3.83. The first-order chi connectivity index (χ1) is 18.4. The Kier molecular flexibility index (Phi) is 7.96. The van der Waals surface area contributed by atoms with Gasteiger partial charge in [-0.05, 0) is 63.6 Å². The number of aromatic nitrogens is 1. The fraction of sp³-hybridized carbons (Fsp3) is 0.310. The van der Waals surface area contributed by atoms with Crippen LogP contribution in [0.2, 0.25) is 0 Å². The lowest BCUT2D eigenvalue weighted by Crippen LogP contribution is -2.53. The lowest BCUT2D eigenvalue weighted by molar-refractivity contribution is -0.119. The van der Waals surface area contributed by atoms with Gasteiger partial charge in [0.2, 0.25) is 5.91 Å². The topological polar surface area (TPSA) is 128 Å². The van der Waals surface area contributed by atoms with Crippen LogP contribution in [-0.4, -0.2) is 57.8 Å². The van der Waals surface area contributed by atoms with Gasteiger partial charge in [-0.2, -0.15) is 0 Å². The van der Waals surface area contributed by atoms with Crippen LogP contribution in [0.3, 0.4) is 0 Å². The molecule has 2 amide bonds. The molecular formula is C29H32FN5O4. The van der Waals surface area contributed by atoms with E-state index in [1.54, 1.807) is 48.4 Å². The van der Waals surface area contributed by atoms with E-state index < -0.39 is 17.8 Å². The van der Waals surface area contributed by atoms with Gasteiger partial charge in [0.1, 0.15) is 17.3 Å². The van der Waals surface area contributed by atoms with Crippen LogP contribution in [0.4, 0.5) is 4.39 Å². The van der Waals surface area contributed by atoms with E-state index >= 15 is 4.39 Å². The van der Waals surface area contributed by atoms with Gasteiger partial charge in [-0.25, -0.2) is 4.39 Å². The van der Waals surface area contributed by atoms with Crippen molar-refractivity contribution in [1.82, 2.24) is 20.5 Å². The smallest absolute Gasteiger partial charge is 0.254 e. The minimum atomic E-state index is -0.568. The Labute approximate surface area is 226 Å². The number of benzene rings is 2. The third kappa shape index (κ3) is 6.58. The molecule has 0 spiro atoms. The summed E-state index contributed by atoms with van der Waals surface area (Å²) in [5, 5.41) is 23.3. The first-order valence-corrected chi connectivity index (χ1v) is 12.6. The molecule has 4 rings (SSSR count). The lowest BCUT2D eigenvalue weighted by Gasteiger charge is -2.35. The summed E-state index contributed by atoms with van der Waals surface area (Å²) in [5.74, 6) is -0.558. The van der Waals surface area contributed by atoms with Crippen LogP contribution < -0.4 is 15.4 Å². The molecule has 3 aromatic rings. The summed E-state index contributed by atoms with van der Waals surface area (Å²) in [6.07, 6.45) is 3.40. The van der Waals surface area contributed by atoms with E-state index in [2.05, 4.69) is 15.6 Å². The fourth-order valence-electron chi connectivity index (χ4n) is 4.02. The molecule has 9 nitrogen and oxygen atoms in total. The number of β-amino-alcohol motifs (C(OH)–C–C–N with tert-alkyl or cyclic N) is 1. The van der Waals surface area contributed by atoms with E-state index in [9.17, 15) is 14.7 Å². The highest BCUT2D eigenvalue weighted by Gasteiger charge is 2.29. The van der Waals surface area contributed by atoms with Crippen molar-refractivity contribution in [2.75, 3.05) is 13.1 Å². The summed E-state index contributed by atoms with van der Waals surface area (Å²) in [7, 11) is 0. The Balaban J connectivity index is 1.52. The second-order valence-electron chi connectivity index (χ2n) is 10.5. The number of hydrogen-bond donors (Lipinski definition) is 4. The van der Waals surface area contributed by atoms with Gasteiger partial charge in [-0.3, -0.25) is 14.6 Å². The quantitative estimate of drug-likeness (QED) is 0.326. The molecule has 39 heavy (non-hydrogen) atoms. The molecule has 2 heterocycles. The summed E-state index contributed by atoms with van der Waals surface area (Å²) >= 11 is 0. The maximum Gasteiger partial charge on any atom is 0.254 e. The SMILES string of the molecule is Cc1c(Oc2ccnc3ccc(C(=O)N4CC(O)C4)cc23)ccc(CC(=O)N/C(C=N)=C/NC(C)(C)C)c1F. The summed E-state index contributed by atoms with van der Waals surface area (Å²) < 4.78 is 21.4. The molecule has 0 radical (unpaired) electrons. The molecule has 1 aromatic heterocycles. The maximum absolute atomic E-state index is 15.3. The number of allylic oxidation sites excluding steroid dienone is 1. The molecule has 10 heteroatoms. The van der Waals surface area contributed by atoms with Gasteiger partial charge in [0.15, 0.2) is 0 Å². The second kappa shape index (κ2) is 11.2. The number of nitrogens with one attached hydrogen (secondary N) is 3. The summed E-state index contributed by atoms with van der Waals surface area (Å²) in [5.41, 5.74) is 1.48. The predicted molar refractivity (Wildman–Crippen MR) is 146 cm³/mol. The van der Waals surface area contributed by atoms with Crippen LogP contribution in [0.1, 0.15) is 42.3 Å². The molecule has 204 valence electrons. The van der Waals surface area contributed by atoms with Crippen LogP contribution in [-0.2, 0) is 11.2 Å². The zero-order chi connectivity index (χ0) is 28.3. The van der Waals surface area contributed by atoms with Gasteiger partial charge in [-0.15, -0.1) is 0 Å². The number of amides is 2. The van der Waals surface area contributed by atoms with Gasteiger partial charge >= 0.3 is 0 Å². The van der Waals surface area contributed by atoms with Crippen molar-refractivity contribution in [3.8, 4) is 11.5 Å². The Hall–Kier alpha value is -4.31. The van der Waals surface area contributed by atoms with E-state index in [4.69, 9.17) is 10.1 Å². The average molecular weight is 534 g/mol. The molecule has 0 unspecified atom stereocenters. The first-order valence-electron chi connectivity index (χ1n) is 12.6. The average Bonchev–Trinajstić information content (AvgIpc) is 2.88. The molecule has 0 bridgehead atoms. The monoisotopic (exact) mass is 533 g/mol. The van der Waals surface area contributed by atoms with Crippen molar-refractivity contribution >= 4 is 28.9 Å². The van der Waals surface area contributed by atoms with Crippen LogP contribution in [0.25, 0.3) is 10.9 Å². The van der Waals surface area contributed by atoms with Gasteiger partial charge < -0.3 is 30.8 Å². The van der Waals surface area contributed by atoms with Gasteiger partial charge in [0.25, 0.3) is 5.91 Å². The van der Waals surface area contributed by atoms with Crippen molar-refractivity contribution in [2.24, 2.45) is 0 Å². The van der Waals surface area contributed by atoms with E-state index in [-0.39, 0.29) is 40.4 Å². The molecule has 2 aromatic carbocycles. The standard InChI is InChI=1S/C29H32FN5O4/c1-17-24(8-6-18(27(17)30)12-26(37)34-20(13-31)14-33-29(2,3)4)39-25-9-10-32-23-7-5-19(11-22(23)25)28(38)35-15-21(36)16-35/h5-11,13-14,21,31,33,36H,12,15-16H2,1-4H3,(H,34,37)/b20-14+,31-13?. The Bertz CT molecular complexity index is 1460. The molecule has 4 N–H and O–H groups in total. The zero-order valence-corrected chi connectivity index (χ0v) is 22.3. The van der Waals surface area contributed by atoms with E-state index in [0.717, 1.165) is 6.21 Å². The Morgan fingerprint density at radius 2 is 1.95 bits per heavy atom. The summed E-state index contributed by atoms with van der Waals surface area (Å²) in [6, 6.07) is 9.80. The molecule has 1 saturated heterocycles. The highest BCUT2D eigenvalue weighted by Crippen LogP contribution is 2.33. The summed E-state index contributed by atoms with van der Waals surface area (Å²) in [4.78, 5) is 31.2. The number of ether oxygens (including phenoxy) is 1. The van der Waals surface area contributed by atoms with Crippen molar-refractivity contribution < 1.29 is 23.8 Å². The molecule has 0 atom stereocenters. The Morgan fingerprint density at radius 1 is 1.21 bits per heavy atom. The van der Waals surface area contributed by atoms with E-state index in [1.165, 1.54) is 12.3 Å². The largest absolute Gasteiger partial charge is 0.456 e. The molecule has 1 aliphatic rings. The number of halogens is 1. The lowest BCUT2D eigenvalue weighted by atomic mass is 10.1. The number of hydrogen-bond acceptors (Lipinski definition) is 7. The van der Waals surface area contributed by atoms with Crippen molar-refractivity contribution in [2.45, 2.75) is 45.8 Å². The van der Waals surface area contributed by atoms with Crippen LogP contribution in [0, 0.1) is 18.2 Å².